The van der Waals surface area contributed by atoms with Crippen molar-refractivity contribution in [1.82, 2.24) is 13.9 Å². The van der Waals surface area contributed by atoms with Crippen LogP contribution in [-0.4, -0.2) is 42.4 Å². The van der Waals surface area contributed by atoms with Crippen LogP contribution >= 0.6 is 0 Å². The van der Waals surface area contributed by atoms with Crippen LogP contribution in [0.3, 0.4) is 0 Å². The fourth-order valence-corrected chi connectivity index (χ4v) is 4.96. The minimum Gasteiger partial charge on any atom is -0.465 e. The molecule has 0 radical (unpaired) electrons. The molecule has 0 fully saturated rings. The van der Waals surface area contributed by atoms with Gasteiger partial charge in [0.2, 0.25) is 10.0 Å². The number of ether oxygens (including phenoxy) is 1. The molecule has 1 heterocycles. The summed E-state index contributed by atoms with van der Waals surface area (Å²) in [6.45, 7) is 1.82. The Morgan fingerprint density at radius 1 is 1.03 bits per heavy atom. The maximum absolute atomic E-state index is 13.2. The van der Waals surface area contributed by atoms with E-state index in [-0.39, 0.29) is 10.5 Å². The van der Waals surface area contributed by atoms with E-state index in [0.29, 0.717) is 0 Å². The van der Waals surface area contributed by atoms with Crippen molar-refractivity contribution in [3.63, 3.8) is 0 Å². The van der Waals surface area contributed by atoms with Gasteiger partial charge in [-0.3, -0.25) is 4.57 Å². The molecule has 8 heteroatoms. The molecule has 1 aromatic heterocycles. The zero-order valence-corrected chi connectivity index (χ0v) is 18.8. The lowest BCUT2D eigenvalue weighted by molar-refractivity contribution is 0.0600. The van der Waals surface area contributed by atoms with Crippen LogP contribution in [0, 0.1) is 0 Å². The van der Waals surface area contributed by atoms with Gasteiger partial charge in [-0.25, -0.2) is 18.2 Å². The van der Waals surface area contributed by atoms with Crippen molar-refractivity contribution in [2.75, 3.05) is 14.2 Å². The van der Waals surface area contributed by atoms with Crippen LogP contribution in [0.4, 0.5) is 0 Å². The summed E-state index contributed by atoms with van der Waals surface area (Å²) >= 11 is 0. The van der Waals surface area contributed by atoms with Crippen molar-refractivity contribution < 1.29 is 17.9 Å². The predicted molar refractivity (Wildman–Crippen MR) is 122 cm³/mol. The molecule has 1 atom stereocenters. The van der Waals surface area contributed by atoms with Gasteiger partial charge >= 0.3 is 5.97 Å². The number of hydrogen-bond donors (Lipinski definition) is 0. The van der Waals surface area contributed by atoms with Crippen LogP contribution in [-0.2, 0) is 14.8 Å². The highest BCUT2D eigenvalue weighted by Gasteiger charge is 2.27. The zero-order valence-electron chi connectivity index (χ0n) is 18.0. The standard InChI is InChI=1S/C24H23N3O4S/c1-17(26(2)32(29,30)21-8-6-7-19(15-21)24(28)31-3)18-11-13-20(14-12-18)27-16-25-22-9-4-5-10-23(22)27/h4-17H,1-3H3/t17-/m1/s1. The molecule has 0 aliphatic heterocycles. The number of nitrogens with zero attached hydrogens (tertiary/aromatic N) is 3. The molecule has 0 saturated carbocycles. The molecule has 3 aromatic carbocycles. The highest BCUT2D eigenvalue weighted by Crippen LogP contribution is 2.27. The predicted octanol–water partition coefficient (Wildman–Crippen LogP) is 4.19. The van der Waals surface area contributed by atoms with E-state index in [2.05, 4.69) is 4.98 Å². The molecule has 0 unspecified atom stereocenters. The second kappa shape index (κ2) is 8.57. The lowest BCUT2D eigenvalue weighted by Gasteiger charge is -2.25. The Morgan fingerprint density at radius 3 is 2.47 bits per heavy atom. The highest BCUT2D eigenvalue weighted by molar-refractivity contribution is 7.89. The zero-order chi connectivity index (χ0) is 22.9. The number of para-hydroxylation sites is 2. The number of rotatable bonds is 6. The molecule has 32 heavy (non-hydrogen) atoms. The summed E-state index contributed by atoms with van der Waals surface area (Å²) < 4.78 is 34.3. The molecule has 0 aliphatic rings. The first kappa shape index (κ1) is 21.7. The Bertz CT molecular complexity index is 1380. The number of sulfonamides is 1. The fraction of sp³-hybridized carbons (Fsp3) is 0.167. The van der Waals surface area contributed by atoms with Crippen LogP contribution in [0.25, 0.3) is 16.7 Å². The molecule has 4 rings (SSSR count). The van der Waals surface area contributed by atoms with Crippen LogP contribution < -0.4 is 0 Å². The third kappa shape index (κ3) is 3.90. The van der Waals surface area contributed by atoms with Gasteiger partial charge in [0.15, 0.2) is 0 Å². The lowest BCUT2D eigenvalue weighted by atomic mass is 10.1. The SMILES string of the molecule is COC(=O)c1cccc(S(=O)(=O)N(C)[C@H](C)c2ccc(-n3cnc4ccccc43)cc2)c1. The summed E-state index contributed by atoms with van der Waals surface area (Å²) in [5, 5.41) is 0. The minimum atomic E-state index is -3.82. The van der Waals surface area contributed by atoms with E-state index in [1.165, 1.54) is 42.7 Å². The Hall–Kier alpha value is -3.49. The van der Waals surface area contributed by atoms with Crippen molar-refractivity contribution in [3.8, 4) is 5.69 Å². The Labute approximate surface area is 186 Å². The topological polar surface area (TPSA) is 81.5 Å². The van der Waals surface area contributed by atoms with E-state index in [1.807, 2.05) is 60.0 Å². The molecule has 0 saturated heterocycles. The Kier molecular flexibility index (Phi) is 5.82. The molecule has 0 spiro atoms. The molecule has 0 amide bonds. The van der Waals surface area contributed by atoms with Gasteiger partial charge in [0.05, 0.1) is 28.6 Å². The van der Waals surface area contributed by atoms with Crippen LogP contribution in [0.1, 0.15) is 28.9 Å². The van der Waals surface area contributed by atoms with Crippen molar-refractivity contribution in [3.05, 3.63) is 90.3 Å². The molecule has 0 bridgehead atoms. The largest absolute Gasteiger partial charge is 0.465 e. The number of hydrogen-bond acceptors (Lipinski definition) is 5. The maximum atomic E-state index is 13.2. The van der Waals surface area contributed by atoms with E-state index < -0.39 is 22.0 Å². The third-order valence-electron chi connectivity index (χ3n) is 5.58. The summed E-state index contributed by atoms with van der Waals surface area (Å²) in [7, 11) is -1.03. The summed E-state index contributed by atoms with van der Waals surface area (Å²) in [5.41, 5.74) is 3.87. The van der Waals surface area contributed by atoms with E-state index in [9.17, 15) is 13.2 Å². The summed E-state index contributed by atoms with van der Waals surface area (Å²) in [4.78, 5) is 16.2. The molecular weight excluding hydrogens is 426 g/mol. The normalized spacial score (nSPS) is 12.8. The summed E-state index contributed by atoms with van der Waals surface area (Å²) in [5.74, 6) is -0.583. The molecule has 7 nitrogen and oxygen atoms in total. The fourth-order valence-electron chi connectivity index (χ4n) is 3.56. The first-order chi connectivity index (χ1) is 15.3. The van der Waals surface area contributed by atoms with Crippen LogP contribution in [0.5, 0.6) is 0 Å². The van der Waals surface area contributed by atoms with Gasteiger partial charge in [-0.1, -0.05) is 30.3 Å². The molecule has 4 aromatic rings. The molecule has 0 aliphatic carbocycles. The van der Waals surface area contributed by atoms with Crippen molar-refractivity contribution in [1.29, 1.82) is 0 Å². The number of benzene rings is 3. The summed E-state index contributed by atoms with van der Waals surface area (Å²) in [6, 6.07) is 21.0. The van der Waals surface area contributed by atoms with Crippen molar-refractivity contribution in [2.24, 2.45) is 0 Å². The van der Waals surface area contributed by atoms with E-state index in [1.54, 1.807) is 6.33 Å². The monoisotopic (exact) mass is 449 g/mol. The van der Waals surface area contributed by atoms with Gasteiger partial charge in [-0.15, -0.1) is 0 Å². The third-order valence-corrected chi connectivity index (χ3v) is 7.51. The number of fused-ring (bicyclic) bond motifs is 1. The Balaban J connectivity index is 1.60. The molecular formula is C24H23N3O4S. The average molecular weight is 450 g/mol. The van der Waals surface area contributed by atoms with Crippen molar-refractivity contribution in [2.45, 2.75) is 17.9 Å². The van der Waals surface area contributed by atoms with Gasteiger partial charge < -0.3 is 4.74 Å². The van der Waals surface area contributed by atoms with Gasteiger partial charge in [-0.05, 0) is 55.0 Å². The smallest absolute Gasteiger partial charge is 0.337 e. The van der Waals surface area contributed by atoms with Crippen LogP contribution in [0.15, 0.2) is 84.0 Å². The number of carbonyl (C=O) groups excluding carboxylic acids is 1. The van der Waals surface area contributed by atoms with Gasteiger partial charge in [0.25, 0.3) is 0 Å². The lowest BCUT2D eigenvalue weighted by Crippen LogP contribution is -2.30. The minimum absolute atomic E-state index is 0.0382. The van der Waals surface area contributed by atoms with E-state index >= 15 is 0 Å². The van der Waals surface area contributed by atoms with E-state index in [0.717, 1.165) is 22.3 Å². The second-order valence-corrected chi connectivity index (χ2v) is 9.41. The van der Waals surface area contributed by atoms with Gasteiger partial charge in [0, 0.05) is 18.8 Å². The van der Waals surface area contributed by atoms with Gasteiger partial charge in [-0.2, -0.15) is 4.31 Å². The average Bonchev–Trinajstić information content (AvgIpc) is 3.27. The first-order valence-corrected chi connectivity index (χ1v) is 11.5. The van der Waals surface area contributed by atoms with E-state index in [4.69, 9.17) is 4.74 Å². The number of esters is 1. The molecule has 164 valence electrons. The van der Waals surface area contributed by atoms with Gasteiger partial charge in [0.1, 0.15) is 6.33 Å². The van der Waals surface area contributed by atoms with Crippen LogP contribution in [0.2, 0.25) is 0 Å². The highest BCUT2D eigenvalue weighted by atomic mass is 32.2. The quantitative estimate of drug-likeness (QED) is 0.412. The number of methoxy groups -OCH3 is 1. The Morgan fingerprint density at radius 2 is 1.75 bits per heavy atom. The molecule has 0 N–H and O–H groups in total. The first-order valence-electron chi connectivity index (χ1n) is 10.0. The number of carbonyl (C=O) groups is 1. The van der Waals surface area contributed by atoms with Crippen molar-refractivity contribution >= 4 is 27.0 Å². The number of aromatic nitrogens is 2. The maximum Gasteiger partial charge on any atom is 0.337 e. The number of imidazole rings is 1. The summed E-state index contributed by atoms with van der Waals surface area (Å²) in [6.07, 6.45) is 1.77. The second-order valence-electron chi connectivity index (χ2n) is 7.41.